The van der Waals surface area contributed by atoms with Crippen LogP contribution in [0.5, 0.6) is 5.75 Å². The SMILES string of the molecule is COc1ccc(S(=O)(=O)N(C)c2ccc(F)cc2F)cc1C. The number of aryl methyl sites for hydroxylation is 1. The number of hydrogen-bond donors (Lipinski definition) is 0. The van der Waals surface area contributed by atoms with Crippen LogP contribution in [0.2, 0.25) is 0 Å². The number of sulfonamides is 1. The number of nitrogens with zero attached hydrogens (tertiary/aromatic N) is 1. The molecule has 2 aromatic carbocycles. The van der Waals surface area contributed by atoms with Gasteiger partial charge < -0.3 is 4.74 Å². The molecular weight excluding hydrogens is 312 g/mol. The maximum atomic E-state index is 13.8. The van der Waals surface area contributed by atoms with Crippen LogP contribution in [-0.4, -0.2) is 22.6 Å². The second-order valence-corrected chi connectivity index (χ2v) is 6.67. The van der Waals surface area contributed by atoms with Crippen molar-refractivity contribution in [1.82, 2.24) is 0 Å². The summed E-state index contributed by atoms with van der Waals surface area (Å²) in [5.74, 6) is -1.17. The number of rotatable bonds is 4. The Morgan fingerprint density at radius 2 is 1.77 bits per heavy atom. The highest BCUT2D eigenvalue weighted by Crippen LogP contribution is 2.28. The van der Waals surface area contributed by atoms with Crippen molar-refractivity contribution in [2.45, 2.75) is 11.8 Å². The van der Waals surface area contributed by atoms with Crippen LogP contribution in [0.3, 0.4) is 0 Å². The maximum Gasteiger partial charge on any atom is 0.264 e. The molecule has 0 bridgehead atoms. The summed E-state index contributed by atoms with van der Waals surface area (Å²) in [6.45, 7) is 1.70. The highest BCUT2D eigenvalue weighted by atomic mass is 32.2. The minimum absolute atomic E-state index is 0.00275. The predicted molar refractivity (Wildman–Crippen MR) is 79.7 cm³/mol. The van der Waals surface area contributed by atoms with E-state index >= 15 is 0 Å². The highest BCUT2D eigenvalue weighted by molar-refractivity contribution is 7.92. The third kappa shape index (κ3) is 2.89. The van der Waals surface area contributed by atoms with Crippen LogP contribution < -0.4 is 9.04 Å². The summed E-state index contributed by atoms with van der Waals surface area (Å²) in [7, 11) is -1.26. The van der Waals surface area contributed by atoms with Crippen molar-refractivity contribution in [2.24, 2.45) is 0 Å². The van der Waals surface area contributed by atoms with Gasteiger partial charge in [0.1, 0.15) is 17.4 Å². The van der Waals surface area contributed by atoms with E-state index in [-0.39, 0.29) is 10.6 Å². The van der Waals surface area contributed by atoms with Crippen LogP contribution in [0.25, 0.3) is 0 Å². The van der Waals surface area contributed by atoms with E-state index in [4.69, 9.17) is 4.74 Å². The van der Waals surface area contributed by atoms with Gasteiger partial charge in [0.15, 0.2) is 0 Å². The van der Waals surface area contributed by atoms with Gasteiger partial charge in [0, 0.05) is 13.1 Å². The molecule has 0 aliphatic rings. The average molecular weight is 327 g/mol. The highest BCUT2D eigenvalue weighted by Gasteiger charge is 2.24. The standard InChI is InChI=1S/C15H15F2NO3S/c1-10-8-12(5-7-15(10)21-3)22(19,20)18(2)14-6-4-11(16)9-13(14)17/h4-9H,1-3H3. The lowest BCUT2D eigenvalue weighted by atomic mass is 10.2. The molecule has 0 fully saturated rings. The zero-order valence-electron chi connectivity index (χ0n) is 12.3. The van der Waals surface area contributed by atoms with Crippen LogP contribution in [0, 0.1) is 18.6 Å². The summed E-state index contributed by atoms with van der Waals surface area (Å²) < 4.78 is 57.7. The molecule has 2 rings (SSSR count). The molecule has 4 nitrogen and oxygen atoms in total. The van der Waals surface area contributed by atoms with Crippen molar-refractivity contribution < 1.29 is 21.9 Å². The Hall–Kier alpha value is -2.15. The van der Waals surface area contributed by atoms with Crippen molar-refractivity contribution in [3.63, 3.8) is 0 Å². The molecule has 0 N–H and O–H groups in total. The second kappa shape index (κ2) is 5.92. The number of halogens is 2. The van der Waals surface area contributed by atoms with E-state index in [1.165, 1.54) is 32.4 Å². The van der Waals surface area contributed by atoms with Crippen LogP contribution in [0.1, 0.15) is 5.56 Å². The monoisotopic (exact) mass is 327 g/mol. The summed E-state index contributed by atoms with van der Waals surface area (Å²) in [5, 5.41) is 0. The first-order chi connectivity index (χ1) is 10.3. The fourth-order valence-corrected chi connectivity index (χ4v) is 3.32. The van der Waals surface area contributed by atoms with Crippen LogP contribution in [0.15, 0.2) is 41.3 Å². The van der Waals surface area contributed by atoms with E-state index in [1.54, 1.807) is 6.92 Å². The molecule has 0 heterocycles. The first-order valence-corrected chi connectivity index (χ1v) is 7.80. The van der Waals surface area contributed by atoms with E-state index in [2.05, 4.69) is 0 Å². The number of hydrogen-bond acceptors (Lipinski definition) is 3. The Morgan fingerprint density at radius 1 is 1.09 bits per heavy atom. The van der Waals surface area contributed by atoms with E-state index in [0.29, 0.717) is 17.4 Å². The summed E-state index contributed by atoms with van der Waals surface area (Å²) in [4.78, 5) is -0.00275. The molecule has 0 amide bonds. The van der Waals surface area contributed by atoms with Gasteiger partial charge in [0.2, 0.25) is 0 Å². The van der Waals surface area contributed by atoms with Gasteiger partial charge in [-0.15, -0.1) is 0 Å². The van der Waals surface area contributed by atoms with Gasteiger partial charge in [-0.3, -0.25) is 4.31 Å². The molecule has 0 atom stereocenters. The molecular formula is C15H15F2NO3S. The second-order valence-electron chi connectivity index (χ2n) is 4.70. The minimum atomic E-state index is -3.96. The third-order valence-electron chi connectivity index (χ3n) is 3.27. The quantitative estimate of drug-likeness (QED) is 0.867. The molecule has 7 heteroatoms. The van der Waals surface area contributed by atoms with Gasteiger partial charge in [-0.1, -0.05) is 0 Å². The van der Waals surface area contributed by atoms with Gasteiger partial charge in [0.05, 0.1) is 17.7 Å². The Kier molecular flexibility index (Phi) is 4.37. The topological polar surface area (TPSA) is 46.6 Å². The molecule has 0 unspecified atom stereocenters. The molecule has 0 saturated carbocycles. The molecule has 0 spiro atoms. The molecule has 0 radical (unpaired) electrons. The Bertz CT molecular complexity index is 806. The molecule has 0 aliphatic heterocycles. The lowest BCUT2D eigenvalue weighted by Gasteiger charge is -2.20. The first-order valence-electron chi connectivity index (χ1n) is 6.36. The summed E-state index contributed by atoms with van der Waals surface area (Å²) >= 11 is 0. The predicted octanol–water partition coefficient (Wildman–Crippen LogP) is 3.11. The Balaban J connectivity index is 2.47. The van der Waals surface area contributed by atoms with E-state index in [0.717, 1.165) is 16.4 Å². The summed E-state index contributed by atoms with van der Waals surface area (Å²) in [5.41, 5.74) is 0.409. The smallest absolute Gasteiger partial charge is 0.264 e. The molecule has 0 aliphatic carbocycles. The van der Waals surface area contributed by atoms with Crippen LogP contribution >= 0.6 is 0 Å². The fraction of sp³-hybridized carbons (Fsp3) is 0.200. The van der Waals surface area contributed by atoms with Gasteiger partial charge >= 0.3 is 0 Å². The van der Waals surface area contributed by atoms with Crippen LogP contribution in [-0.2, 0) is 10.0 Å². The average Bonchev–Trinajstić information content (AvgIpc) is 2.46. The summed E-state index contributed by atoms with van der Waals surface area (Å²) in [6.07, 6.45) is 0. The largest absolute Gasteiger partial charge is 0.496 e. The van der Waals surface area contributed by atoms with Gasteiger partial charge in [-0.25, -0.2) is 17.2 Å². The van der Waals surface area contributed by atoms with Gasteiger partial charge in [-0.05, 0) is 42.8 Å². The van der Waals surface area contributed by atoms with E-state index < -0.39 is 21.7 Å². The zero-order valence-corrected chi connectivity index (χ0v) is 13.1. The number of benzene rings is 2. The molecule has 0 aromatic heterocycles. The first kappa shape index (κ1) is 16.2. The lowest BCUT2D eigenvalue weighted by Crippen LogP contribution is -2.27. The fourth-order valence-electron chi connectivity index (χ4n) is 2.04. The normalized spacial score (nSPS) is 11.3. The van der Waals surface area contributed by atoms with Crippen molar-refractivity contribution in [3.05, 3.63) is 53.6 Å². The van der Waals surface area contributed by atoms with Crippen LogP contribution in [0.4, 0.5) is 14.5 Å². The van der Waals surface area contributed by atoms with Crippen molar-refractivity contribution >= 4 is 15.7 Å². The Labute approximate surface area is 128 Å². The van der Waals surface area contributed by atoms with Crippen molar-refractivity contribution in [3.8, 4) is 5.75 Å². The molecule has 22 heavy (non-hydrogen) atoms. The maximum absolute atomic E-state index is 13.8. The van der Waals surface area contributed by atoms with Crippen molar-refractivity contribution in [2.75, 3.05) is 18.5 Å². The minimum Gasteiger partial charge on any atom is -0.496 e. The van der Waals surface area contributed by atoms with Gasteiger partial charge in [-0.2, -0.15) is 0 Å². The molecule has 118 valence electrons. The number of methoxy groups -OCH3 is 1. The lowest BCUT2D eigenvalue weighted by molar-refractivity contribution is 0.411. The number of anilines is 1. The molecule has 0 saturated heterocycles. The van der Waals surface area contributed by atoms with E-state index in [1.807, 2.05) is 0 Å². The van der Waals surface area contributed by atoms with Gasteiger partial charge in [0.25, 0.3) is 10.0 Å². The third-order valence-corrected chi connectivity index (χ3v) is 5.04. The Morgan fingerprint density at radius 3 is 2.32 bits per heavy atom. The zero-order chi connectivity index (χ0) is 16.5. The van der Waals surface area contributed by atoms with E-state index in [9.17, 15) is 17.2 Å². The molecule has 2 aromatic rings. The number of ether oxygens (including phenoxy) is 1. The van der Waals surface area contributed by atoms with Crippen molar-refractivity contribution in [1.29, 1.82) is 0 Å². The summed E-state index contributed by atoms with van der Waals surface area (Å²) in [6, 6.07) is 7.06.